The molecule has 1 N–H and O–H groups in total. The molecule has 0 spiro atoms. The number of anilines is 2. The molecule has 1 aromatic carbocycles. The molecule has 0 aliphatic rings. The molecule has 0 unspecified atom stereocenters. The van der Waals surface area contributed by atoms with Crippen molar-refractivity contribution in [1.29, 1.82) is 0 Å². The smallest absolute Gasteiger partial charge is 0.130 e. The maximum Gasteiger partial charge on any atom is 0.130 e. The molecule has 0 bridgehead atoms. The molecule has 0 saturated heterocycles. The summed E-state index contributed by atoms with van der Waals surface area (Å²) >= 11 is 3.39. The zero-order valence-electron chi connectivity index (χ0n) is 7.44. The molecule has 0 amide bonds. The monoisotopic (exact) mass is 248 g/mol. The Bertz CT molecular complexity index is 397. The third kappa shape index (κ3) is 2.33. The number of halogens is 1. The number of hydrogen-bond donors (Lipinski definition) is 1. The SMILES string of the molecule is Brc1ccc(Nc2ccccn2)cc1. The number of nitrogens with zero attached hydrogens (tertiary/aromatic N) is 1. The Kier molecular flexibility index (Phi) is 2.79. The first kappa shape index (κ1) is 9.21. The van der Waals surface area contributed by atoms with E-state index in [0.717, 1.165) is 16.0 Å². The van der Waals surface area contributed by atoms with Crippen LogP contribution < -0.4 is 5.32 Å². The standard InChI is InChI=1S/C11H9BrN2/c12-9-4-6-10(7-5-9)14-11-3-1-2-8-13-11/h1-8H,(H,13,14). The van der Waals surface area contributed by atoms with E-state index < -0.39 is 0 Å². The zero-order chi connectivity index (χ0) is 9.80. The quantitative estimate of drug-likeness (QED) is 0.879. The average Bonchev–Trinajstić information content (AvgIpc) is 2.23. The largest absolute Gasteiger partial charge is 0.340 e. The summed E-state index contributed by atoms with van der Waals surface area (Å²) in [5, 5.41) is 3.20. The van der Waals surface area contributed by atoms with Gasteiger partial charge in [0.15, 0.2) is 0 Å². The molecule has 70 valence electrons. The Morgan fingerprint density at radius 3 is 2.43 bits per heavy atom. The second-order valence-electron chi connectivity index (χ2n) is 2.85. The number of hydrogen-bond acceptors (Lipinski definition) is 2. The molecule has 0 saturated carbocycles. The highest BCUT2D eigenvalue weighted by atomic mass is 79.9. The fourth-order valence-electron chi connectivity index (χ4n) is 1.12. The summed E-state index contributed by atoms with van der Waals surface area (Å²) in [4.78, 5) is 4.17. The third-order valence-corrected chi connectivity index (χ3v) is 2.31. The van der Waals surface area contributed by atoms with E-state index in [-0.39, 0.29) is 0 Å². The Morgan fingerprint density at radius 1 is 1.00 bits per heavy atom. The van der Waals surface area contributed by atoms with Crippen molar-refractivity contribution in [2.75, 3.05) is 5.32 Å². The first-order valence-electron chi connectivity index (χ1n) is 4.28. The van der Waals surface area contributed by atoms with Gasteiger partial charge in [-0.15, -0.1) is 0 Å². The summed E-state index contributed by atoms with van der Waals surface area (Å²) in [5.74, 6) is 0.856. The van der Waals surface area contributed by atoms with Gasteiger partial charge in [-0.25, -0.2) is 4.98 Å². The Hall–Kier alpha value is -1.35. The van der Waals surface area contributed by atoms with Gasteiger partial charge < -0.3 is 5.32 Å². The summed E-state index contributed by atoms with van der Waals surface area (Å²) in [6.45, 7) is 0. The van der Waals surface area contributed by atoms with E-state index in [0.29, 0.717) is 0 Å². The molecule has 0 aliphatic carbocycles. The van der Waals surface area contributed by atoms with Gasteiger partial charge in [0.25, 0.3) is 0 Å². The normalized spacial score (nSPS) is 9.79. The van der Waals surface area contributed by atoms with Crippen LogP contribution in [-0.2, 0) is 0 Å². The van der Waals surface area contributed by atoms with Crippen LogP contribution in [0.5, 0.6) is 0 Å². The molecule has 2 aromatic rings. The van der Waals surface area contributed by atoms with Crippen molar-refractivity contribution in [2.24, 2.45) is 0 Å². The molecule has 1 aromatic heterocycles. The number of aromatic nitrogens is 1. The molecule has 0 aliphatic heterocycles. The van der Waals surface area contributed by atoms with Gasteiger partial charge in [-0.3, -0.25) is 0 Å². The van der Waals surface area contributed by atoms with Gasteiger partial charge in [-0.05, 0) is 36.4 Å². The molecular formula is C11H9BrN2. The Morgan fingerprint density at radius 2 is 1.79 bits per heavy atom. The molecule has 3 heteroatoms. The van der Waals surface area contributed by atoms with Crippen LogP contribution in [0.15, 0.2) is 53.1 Å². The molecule has 2 nitrogen and oxygen atoms in total. The predicted octanol–water partition coefficient (Wildman–Crippen LogP) is 3.59. The van der Waals surface area contributed by atoms with Crippen molar-refractivity contribution in [2.45, 2.75) is 0 Å². The molecule has 2 rings (SSSR count). The van der Waals surface area contributed by atoms with E-state index in [1.165, 1.54) is 0 Å². The van der Waals surface area contributed by atoms with Crippen LogP contribution in [0.3, 0.4) is 0 Å². The maximum absolute atomic E-state index is 4.17. The lowest BCUT2D eigenvalue weighted by atomic mass is 10.3. The van der Waals surface area contributed by atoms with Gasteiger partial charge in [0.2, 0.25) is 0 Å². The minimum Gasteiger partial charge on any atom is -0.340 e. The molecule has 0 atom stereocenters. The number of rotatable bonds is 2. The van der Waals surface area contributed by atoms with E-state index in [4.69, 9.17) is 0 Å². The van der Waals surface area contributed by atoms with E-state index in [1.54, 1.807) is 6.20 Å². The van der Waals surface area contributed by atoms with Crippen molar-refractivity contribution < 1.29 is 0 Å². The van der Waals surface area contributed by atoms with Gasteiger partial charge in [0, 0.05) is 16.4 Å². The minimum atomic E-state index is 0.856. The summed E-state index contributed by atoms with van der Waals surface area (Å²) < 4.78 is 1.07. The lowest BCUT2D eigenvalue weighted by Crippen LogP contribution is -1.91. The van der Waals surface area contributed by atoms with Gasteiger partial charge in [0.1, 0.15) is 5.82 Å². The molecule has 0 radical (unpaired) electrons. The Labute approximate surface area is 91.1 Å². The number of nitrogens with one attached hydrogen (secondary N) is 1. The lowest BCUT2D eigenvalue weighted by Gasteiger charge is -2.04. The van der Waals surface area contributed by atoms with Crippen LogP contribution >= 0.6 is 15.9 Å². The van der Waals surface area contributed by atoms with Crippen LogP contribution in [0.1, 0.15) is 0 Å². The fourth-order valence-corrected chi connectivity index (χ4v) is 1.38. The van der Waals surface area contributed by atoms with Crippen molar-refractivity contribution in [3.63, 3.8) is 0 Å². The maximum atomic E-state index is 4.17. The van der Waals surface area contributed by atoms with Gasteiger partial charge in [0.05, 0.1) is 0 Å². The Balaban J connectivity index is 2.16. The average molecular weight is 249 g/mol. The summed E-state index contributed by atoms with van der Waals surface area (Å²) in [6.07, 6.45) is 1.77. The van der Waals surface area contributed by atoms with Crippen LogP contribution in [0.2, 0.25) is 0 Å². The summed E-state index contributed by atoms with van der Waals surface area (Å²) in [5.41, 5.74) is 1.03. The highest BCUT2D eigenvalue weighted by molar-refractivity contribution is 9.10. The zero-order valence-corrected chi connectivity index (χ0v) is 9.03. The molecule has 1 heterocycles. The third-order valence-electron chi connectivity index (χ3n) is 1.78. The van der Waals surface area contributed by atoms with Gasteiger partial charge in [-0.2, -0.15) is 0 Å². The minimum absolute atomic E-state index is 0.856. The van der Waals surface area contributed by atoms with E-state index in [2.05, 4.69) is 26.2 Å². The molecule has 14 heavy (non-hydrogen) atoms. The second-order valence-corrected chi connectivity index (χ2v) is 3.76. The van der Waals surface area contributed by atoms with Crippen LogP contribution in [0, 0.1) is 0 Å². The second kappa shape index (κ2) is 4.24. The van der Waals surface area contributed by atoms with Gasteiger partial charge >= 0.3 is 0 Å². The fraction of sp³-hybridized carbons (Fsp3) is 0. The first-order chi connectivity index (χ1) is 6.84. The lowest BCUT2D eigenvalue weighted by molar-refractivity contribution is 1.31. The highest BCUT2D eigenvalue weighted by Crippen LogP contribution is 2.17. The van der Waals surface area contributed by atoms with E-state index in [9.17, 15) is 0 Å². The van der Waals surface area contributed by atoms with Crippen LogP contribution in [0.25, 0.3) is 0 Å². The topological polar surface area (TPSA) is 24.9 Å². The van der Waals surface area contributed by atoms with Crippen molar-refractivity contribution in [3.05, 3.63) is 53.1 Å². The predicted molar refractivity (Wildman–Crippen MR) is 61.7 cm³/mol. The van der Waals surface area contributed by atoms with Gasteiger partial charge in [-0.1, -0.05) is 22.0 Å². The first-order valence-corrected chi connectivity index (χ1v) is 5.07. The van der Waals surface area contributed by atoms with Crippen LogP contribution in [0.4, 0.5) is 11.5 Å². The van der Waals surface area contributed by atoms with Crippen molar-refractivity contribution in [1.82, 2.24) is 4.98 Å². The summed E-state index contributed by atoms with van der Waals surface area (Å²) in [6, 6.07) is 13.8. The van der Waals surface area contributed by atoms with Crippen LogP contribution in [-0.4, -0.2) is 4.98 Å². The molecule has 0 fully saturated rings. The summed E-state index contributed by atoms with van der Waals surface area (Å²) in [7, 11) is 0. The number of pyridine rings is 1. The molecular weight excluding hydrogens is 240 g/mol. The highest BCUT2D eigenvalue weighted by Gasteiger charge is 1.93. The number of benzene rings is 1. The van der Waals surface area contributed by atoms with E-state index >= 15 is 0 Å². The van der Waals surface area contributed by atoms with E-state index in [1.807, 2.05) is 42.5 Å². The van der Waals surface area contributed by atoms with Crippen molar-refractivity contribution in [3.8, 4) is 0 Å². The van der Waals surface area contributed by atoms with Crippen molar-refractivity contribution >= 4 is 27.4 Å².